The van der Waals surface area contributed by atoms with Crippen molar-refractivity contribution >= 4 is 40.7 Å². The van der Waals surface area contributed by atoms with Crippen LogP contribution in [0, 0.1) is 36.5 Å². The first-order valence-corrected chi connectivity index (χ1v) is 18.3. The first kappa shape index (κ1) is 31.5. The molecule has 1 saturated heterocycles. The molecule has 4 bridgehead atoms. The van der Waals surface area contributed by atoms with Crippen LogP contribution in [0.5, 0.6) is 0 Å². The van der Waals surface area contributed by atoms with Gasteiger partial charge < -0.3 is 4.90 Å². The number of benzene rings is 2. The quantitative estimate of drug-likeness (QED) is 0.202. The largest absolute Gasteiger partial charge is 0.335 e. The molecule has 0 N–H and O–H groups in total. The van der Waals surface area contributed by atoms with E-state index in [0.717, 1.165) is 79.1 Å². The highest BCUT2D eigenvalue weighted by atomic mass is 35.5. The number of aromatic nitrogens is 2. The number of piperazine rings is 1. The molecule has 3 aromatic rings. The minimum absolute atomic E-state index is 0.0315. The molecule has 4 aliphatic carbocycles. The zero-order valence-corrected chi connectivity index (χ0v) is 28.6. The number of rotatable bonds is 10. The summed E-state index contributed by atoms with van der Waals surface area (Å²) in [6.07, 6.45) is 14.6. The smallest absolute Gasteiger partial charge is 0.274 e. The molecule has 1 aromatic heterocycles. The molecule has 5 aliphatic rings. The highest BCUT2D eigenvalue weighted by molar-refractivity contribution is 6.35. The summed E-state index contributed by atoms with van der Waals surface area (Å²) in [4.78, 5) is 18.3. The fourth-order valence-electron chi connectivity index (χ4n) is 9.38. The van der Waals surface area contributed by atoms with Crippen molar-refractivity contribution in [1.29, 1.82) is 0 Å². The average Bonchev–Trinajstić information content (AvgIpc) is 3.36. The van der Waals surface area contributed by atoms with Gasteiger partial charge in [0.1, 0.15) is 0 Å². The van der Waals surface area contributed by atoms with Gasteiger partial charge in [-0.3, -0.25) is 9.69 Å². The predicted octanol–water partition coefficient (Wildman–Crippen LogP) is 9.59. The maximum Gasteiger partial charge on any atom is 0.274 e. The summed E-state index contributed by atoms with van der Waals surface area (Å²) in [5.41, 5.74) is 3.69. The number of carbonyl (C=O) groups excluding carboxylic acids is 1. The van der Waals surface area contributed by atoms with E-state index in [2.05, 4.69) is 4.90 Å². The van der Waals surface area contributed by atoms with Gasteiger partial charge in [-0.1, -0.05) is 66.2 Å². The highest BCUT2D eigenvalue weighted by Crippen LogP contribution is 2.57. The number of unbranched alkanes of at least 4 members (excludes halogenated alkanes) is 3. The molecule has 0 unspecified atom stereocenters. The van der Waals surface area contributed by atoms with Crippen LogP contribution in [-0.4, -0.2) is 58.2 Å². The van der Waals surface area contributed by atoms with Gasteiger partial charge in [-0.2, -0.15) is 5.10 Å². The highest BCUT2D eigenvalue weighted by Gasteiger charge is 2.47. The Morgan fingerprint density at radius 1 is 0.800 bits per heavy atom. The fourth-order valence-corrected chi connectivity index (χ4v) is 9.99. The van der Waals surface area contributed by atoms with E-state index >= 15 is 0 Å². The lowest BCUT2D eigenvalue weighted by Crippen LogP contribution is -2.49. The van der Waals surface area contributed by atoms with Crippen molar-refractivity contribution in [2.45, 2.75) is 71.1 Å². The Labute approximate surface area is 283 Å². The molecule has 8 rings (SSSR count). The van der Waals surface area contributed by atoms with Crippen molar-refractivity contribution in [3.05, 3.63) is 68.8 Å². The van der Waals surface area contributed by atoms with E-state index in [4.69, 9.17) is 39.9 Å². The Kier molecular flexibility index (Phi) is 9.53. The molecule has 2 aromatic carbocycles. The van der Waals surface area contributed by atoms with Crippen LogP contribution in [0.4, 0.5) is 0 Å². The molecule has 0 spiro atoms. The van der Waals surface area contributed by atoms with Gasteiger partial charge in [0.15, 0.2) is 5.69 Å². The summed E-state index contributed by atoms with van der Waals surface area (Å²) in [5, 5.41) is 6.52. The Morgan fingerprint density at radius 2 is 1.44 bits per heavy atom. The SMILES string of the molecule is Cc1c(C(=O)N2CCN(CCCCCCC3[C@H]4C[C@@H]5C[C@@H](C[C@H]3C5)C4)CC2)nn(-c2ccc(Cl)cc2Cl)c1-c1ccc(Cl)cc1. The normalized spacial score (nSPS) is 26.1. The number of hydrogen-bond acceptors (Lipinski definition) is 3. The number of nitrogens with zero attached hydrogens (tertiary/aromatic N) is 4. The van der Waals surface area contributed by atoms with E-state index in [1.165, 1.54) is 32.1 Å². The van der Waals surface area contributed by atoms with Crippen LogP contribution in [0.25, 0.3) is 16.9 Å². The second-order valence-corrected chi connectivity index (χ2v) is 15.5. The molecule has 5 fully saturated rings. The third-order valence-electron chi connectivity index (χ3n) is 11.4. The molecular formula is C37H45Cl3N4O. The Bertz CT molecular complexity index is 1480. The Morgan fingerprint density at radius 3 is 2.11 bits per heavy atom. The summed E-state index contributed by atoms with van der Waals surface area (Å²) in [6.45, 7) is 6.34. The standard InChI is InChI=1S/C37H45Cl3N4O/c1-24-35(41-44(34-12-11-31(39)23-33(34)40)36(24)27-7-9-30(38)10-8-27)37(45)43-16-14-42(15-17-43)13-5-3-2-4-6-32-28-19-25-18-26(21-28)22-29(32)20-25/h7-12,23,25-26,28-29,32H,2-6,13-22H2,1H3/t25-,26+,28-,29+,32?. The molecule has 8 heteroatoms. The van der Waals surface area contributed by atoms with Gasteiger partial charge in [-0.05, 0) is 118 Å². The lowest BCUT2D eigenvalue weighted by Gasteiger charge is -2.54. The van der Waals surface area contributed by atoms with E-state index in [1.807, 2.05) is 42.2 Å². The molecule has 4 saturated carbocycles. The van der Waals surface area contributed by atoms with Crippen molar-refractivity contribution < 1.29 is 4.79 Å². The minimum atomic E-state index is -0.0315. The van der Waals surface area contributed by atoms with E-state index in [1.54, 1.807) is 48.9 Å². The number of halogens is 3. The topological polar surface area (TPSA) is 41.4 Å². The lowest BCUT2D eigenvalue weighted by molar-refractivity contribution is -0.0404. The second kappa shape index (κ2) is 13.6. The first-order chi connectivity index (χ1) is 21.8. The van der Waals surface area contributed by atoms with Gasteiger partial charge in [-0.25, -0.2) is 4.68 Å². The van der Waals surface area contributed by atoms with Gasteiger partial charge in [0.2, 0.25) is 0 Å². The van der Waals surface area contributed by atoms with E-state index in [0.29, 0.717) is 26.4 Å². The molecule has 0 radical (unpaired) electrons. The maximum atomic E-state index is 13.9. The molecule has 1 amide bonds. The summed E-state index contributed by atoms with van der Waals surface area (Å²) in [6, 6.07) is 12.9. The lowest BCUT2D eigenvalue weighted by atomic mass is 9.51. The van der Waals surface area contributed by atoms with E-state index in [9.17, 15) is 4.79 Å². The minimum Gasteiger partial charge on any atom is -0.335 e. The molecular weight excluding hydrogens is 623 g/mol. The molecule has 240 valence electrons. The van der Waals surface area contributed by atoms with Crippen molar-refractivity contribution in [3.8, 4) is 16.9 Å². The van der Waals surface area contributed by atoms with Crippen LogP contribution in [0.2, 0.25) is 15.1 Å². The van der Waals surface area contributed by atoms with Crippen LogP contribution in [0.3, 0.4) is 0 Å². The summed E-state index contributed by atoms with van der Waals surface area (Å²) in [5.74, 6) is 5.32. The summed E-state index contributed by atoms with van der Waals surface area (Å²) >= 11 is 19.0. The predicted molar refractivity (Wildman–Crippen MR) is 185 cm³/mol. The number of carbonyl (C=O) groups is 1. The third-order valence-corrected chi connectivity index (χ3v) is 12.2. The van der Waals surface area contributed by atoms with Gasteiger partial charge in [0.05, 0.1) is 16.4 Å². The van der Waals surface area contributed by atoms with Gasteiger partial charge >= 0.3 is 0 Å². The number of hydrogen-bond donors (Lipinski definition) is 0. The van der Waals surface area contributed by atoms with Crippen LogP contribution >= 0.6 is 34.8 Å². The van der Waals surface area contributed by atoms with Crippen LogP contribution < -0.4 is 0 Å². The maximum absolute atomic E-state index is 13.9. The van der Waals surface area contributed by atoms with E-state index < -0.39 is 0 Å². The van der Waals surface area contributed by atoms with Gasteiger partial charge in [-0.15, -0.1) is 0 Å². The van der Waals surface area contributed by atoms with Crippen LogP contribution in [0.1, 0.15) is 80.3 Å². The van der Waals surface area contributed by atoms with Crippen LogP contribution in [-0.2, 0) is 0 Å². The summed E-state index contributed by atoms with van der Waals surface area (Å²) in [7, 11) is 0. The zero-order chi connectivity index (χ0) is 31.1. The van der Waals surface area contributed by atoms with Gasteiger partial charge in [0.25, 0.3) is 5.91 Å². The fraction of sp³-hybridized carbons (Fsp3) is 0.568. The molecule has 2 heterocycles. The molecule has 1 aliphatic heterocycles. The van der Waals surface area contributed by atoms with Crippen LogP contribution in [0.15, 0.2) is 42.5 Å². The third kappa shape index (κ3) is 6.70. The molecule has 5 nitrogen and oxygen atoms in total. The Balaban J connectivity index is 0.924. The monoisotopic (exact) mass is 666 g/mol. The van der Waals surface area contributed by atoms with Crippen molar-refractivity contribution in [1.82, 2.24) is 19.6 Å². The average molecular weight is 668 g/mol. The van der Waals surface area contributed by atoms with Gasteiger partial charge in [0, 0.05) is 47.4 Å². The van der Waals surface area contributed by atoms with Crippen molar-refractivity contribution in [2.75, 3.05) is 32.7 Å². The zero-order valence-electron chi connectivity index (χ0n) is 26.4. The molecule has 0 atom stereocenters. The summed E-state index contributed by atoms with van der Waals surface area (Å²) < 4.78 is 1.77. The first-order valence-electron chi connectivity index (χ1n) is 17.2. The number of amides is 1. The Hall–Kier alpha value is -2.05. The second-order valence-electron chi connectivity index (χ2n) is 14.3. The molecule has 45 heavy (non-hydrogen) atoms. The van der Waals surface area contributed by atoms with E-state index in [-0.39, 0.29) is 5.91 Å². The van der Waals surface area contributed by atoms with Crippen molar-refractivity contribution in [2.24, 2.45) is 29.6 Å². The van der Waals surface area contributed by atoms with Crippen molar-refractivity contribution in [3.63, 3.8) is 0 Å².